The SMILES string of the molecule is COC(=O)[C@@H]1CC=C[C@H]1NC(=O)OC(C)(C)C. The van der Waals surface area contributed by atoms with E-state index in [1.807, 2.05) is 6.08 Å². The van der Waals surface area contributed by atoms with E-state index in [-0.39, 0.29) is 17.9 Å². The number of ether oxygens (including phenoxy) is 2. The zero-order chi connectivity index (χ0) is 13.1. The van der Waals surface area contributed by atoms with Crippen molar-refractivity contribution in [3.8, 4) is 0 Å². The van der Waals surface area contributed by atoms with Gasteiger partial charge in [0.25, 0.3) is 0 Å². The van der Waals surface area contributed by atoms with Gasteiger partial charge in [0.15, 0.2) is 0 Å². The lowest BCUT2D eigenvalue weighted by Crippen LogP contribution is -2.42. The monoisotopic (exact) mass is 241 g/mol. The lowest BCUT2D eigenvalue weighted by atomic mass is 10.0. The molecule has 0 unspecified atom stereocenters. The van der Waals surface area contributed by atoms with Crippen LogP contribution in [0.3, 0.4) is 0 Å². The molecule has 0 bridgehead atoms. The number of alkyl carbamates (subject to hydrolysis) is 1. The zero-order valence-corrected chi connectivity index (χ0v) is 10.6. The summed E-state index contributed by atoms with van der Waals surface area (Å²) in [5.41, 5.74) is -0.548. The summed E-state index contributed by atoms with van der Waals surface area (Å²) in [6.07, 6.45) is 3.69. The van der Waals surface area contributed by atoms with Gasteiger partial charge >= 0.3 is 12.1 Å². The first-order valence-electron chi connectivity index (χ1n) is 5.57. The number of hydrogen-bond acceptors (Lipinski definition) is 4. The molecule has 1 aliphatic carbocycles. The van der Waals surface area contributed by atoms with E-state index in [0.29, 0.717) is 6.42 Å². The van der Waals surface area contributed by atoms with Crippen molar-refractivity contribution in [1.29, 1.82) is 0 Å². The minimum absolute atomic E-state index is 0.323. The molecule has 96 valence electrons. The van der Waals surface area contributed by atoms with E-state index in [1.54, 1.807) is 26.8 Å². The fourth-order valence-electron chi connectivity index (χ4n) is 1.64. The van der Waals surface area contributed by atoms with Crippen molar-refractivity contribution in [2.45, 2.75) is 38.8 Å². The van der Waals surface area contributed by atoms with Crippen molar-refractivity contribution in [3.05, 3.63) is 12.2 Å². The third-order valence-corrected chi connectivity index (χ3v) is 2.35. The van der Waals surface area contributed by atoms with Crippen molar-refractivity contribution < 1.29 is 19.1 Å². The van der Waals surface area contributed by atoms with Crippen molar-refractivity contribution in [2.75, 3.05) is 7.11 Å². The standard InChI is InChI=1S/C12H19NO4/c1-12(2,3)17-11(15)13-9-7-5-6-8(9)10(14)16-4/h5,7-9H,6H2,1-4H3,(H,13,15)/t8-,9-/m1/s1. The van der Waals surface area contributed by atoms with E-state index < -0.39 is 11.7 Å². The zero-order valence-electron chi connectivity index (χ0n) is 10.6. The Morgan fingerprint density at radius 2 is 2.00 bits per heavy atom. The number of esters is 1. The third-order valence-electron chi connectivity index (χ3n) is 2.35. The molecule has 0 aromatic heterocycles. The summed E-state index contributed by atoms with van der Waals surface area (Å²) in [5.74, 6) is -0.677. The Bertz CT molecular complexity index is 330. The largest absolute Gasteiger partial charge is 0.469 e. The highest BCUT2D eigenvalue weighted by molar-refractivity contribution is 5.76. The molecule has 1 N–H and O–H groups in total. The average molecular weight is 241 g/mol. The van der Waals surface area contributed by atoms with Gasteiger partial charge < -0.3 is 14.8 Å². The van der Waals surface area contributed by atoms with Gasteiger partial charge in [-0.25, -0.2) is 4.79 Å². The molecule has 0 aromatic rings. The van der Waals surface area contributed by atoms with Gasteiger partial charge in [-0.3, -0.25) is 4.79 Å². The molecule has 0 saturated carbocycles. The Balaban J connectivity index is 2.53. The van der Waals surface area contributed by atoms with Crippen LogP contribution in [-0.2, 0) is 14.3 Å². The Hall–Kier alpha value is -1.52. The lowest BCUT2D eigenvalue weighted by Gasteiger charge is -2.23. The molecule has 0 aliphatic heterocycles. The van der Waals surface area contributed by atoms with Crippen LogP contribution in [0, 0.1) is 5.92 Å². The molecule has 2 atom stereocenters. The molecule has 1 amide bonds. The normalized spacial score (nSPS) is 23.3. The van der Waals surface area contributed by atoms with E-state index in [1.165, 1.54) is 7.11 Å². The van der Waals surface area contributed by atoms with Gasteiger partial charge in [0, 0.05) is 0 Å². The summed E-state index contributed by atoms with van der Waals surface area (Å²) in [7, 11) is 1.34. The van der Waals surface area contributed by atoms with E-state index in [4.69, 9.17) is 4.74 Å². The molecular formula is C12H19NO4. The van der Waals surface area contributed by atoms with Crippen LogP contribution in [0.1, 0.15) is 27.2 Å². The van der Waals surface area contributed by atoms with E-state index in [0.717, 1.165) is 0 Å². The molecular weight excluding hydrogens is 222 g/mol. The van der Waals surface area contributed by atoms with Crippen molar-refractivity contribution in [3.63, 3.8) is 0 Å². The second-order valence-corrected chi connectivity index (χ2v) is 4.97. The highest BCUT2D eigenvalue weighted by Gasteiger charge is 2.32. The molecule has 0 heterocycles. The summed E-state index contributed by atoms with van der Waals surface area (Å²) >= 11 is 0. The molecule has 5 heteroatoms. The summed E-state index contributed by atoms with van der Waals surface area (Å²) < 4.78 is 9.80. The Kier molecular flexibility index (Phi) is 4.15. The minimum Gasteiger partial charge on any atom is -0.469 e. The van der Waals surface area contributed by atoms with Crippen LogP contribution < -0.4 is 5.32 Å². The molecule has 0 fully saturated rings. The summed E-state index contributed by atoms with van der Waals surface area (Å²) in [6.45, 7) is 5.36. The van der Waals surface area contributed by atoms with Gasteiger partial charge in [0.05, 0.1) is 19.1 Å². The van der Waals surface area contributed by atoms with E-state index in [9.17, 15) is 9.59 Å². The quantitative estimate of drug-likeness (QED) is 0.589. The first-order valence-corrected chi connectivity index (χ1v) is 5.57. The fraction of sp³-hybridized carbons (Fsp3) is 0.667. The molecule has 0 spiro atoms. The predicted octanol–water partition coefficient (Wildman–Crippen LogP) is 1.63. The maximum Gasteiger partial charge on any atom is 0.408 e. The fourth-order valence-corrected chi connectivity index (χ4v) is 1.64. The number of nitrogens with one attached hydrogen (secondary N) is 1. The molecule has 0 aromatic carbocycles. The molecule has 1 rings (SSSR count). The molecule has 0 saturated heterocycles. The maximum atomic E-state index is 11.6. The van der Waals surface area contributed by atoms with Crippen molar-refractivity contribution >= 4 is 12.1 Å². The third kappa shape index (κ3) is 4.09. The van der Waals surface area contributed by atoms with Crippen LogP contribution in [0.5, 0.6) is 0 Å². The number of carbonyl (C=O) groups is 2. The smallest absolute Gasteiger partial charge is 0.408 e. The lowest BCUT2D eigenvalue weighted by molar-refractivity contribution is -0.145. The number of carbonyl (C=O) groups excluding carboxylic acids is 2. The van der Waals surface area contributed by atoms with Crippen LogP contribution in [-0.4, -0.2) is 30.8 Å². The minimum atomic E-state index is -0.548. The van der Waals surface area contributed by atoms with Crippen LogP contribution in [0.4, 0.5) is 4.79 Å². The van der Waals surface area contributed by atoms with Gasteiger partial charge in [-0.2, -0.15) is 0 Å². The summed E-state index contributed by atoms with van der Waals surface area (Å²) in [4.78, 5) is 23.0. The van der Waals surface area contributed by atoms with Crippen LogP contribution in [0.15, 0.2) is 12.2 Å². The maximum absolute atomic E-state index is 11.6. The second kappa shape index (κ2) is 5.21. The van der Waals surface area contributed by atoms with E-state index >= 15 is 0 Å². The first kappa shape index (κ1) is 13.5. The molecule has 0 radical (unpaired) electrons. The number of allylic oxidation sites excluding steroid dienone is 1. The number of hydrogen-bond donors (Lipinski definition) is 1. The van der Waals surface area contributed by atoms with Crippen LogP contribution in [0.25, 0.3) is 0 Å². The second-order valence-electron chi connectivity index (χ2n) is 4.97. The Morgan fingerprint density at radius 3 is 2.53 bits per heavy atom. The van der Waals surface area contributed by atoms with Crippen LogP contribution >= 0.6 is 0 Å². The summed E-state index contributed by atoms with van der Waals surface area (Å²) in [5, 5.41) is 2.65. The van der Waals surface area contributed by atoms with Gasteiger partial charge in [-0.05, 0) is 27.2 Å². The Morgan fingerprint density at radius 1 is 1.35 bits per heavy atom. The van der Waals surface area contributed by atoms with Crippen molar-refractivity contribution in [2.24, 2.45) is 5.92 Å². The van der Waals surface area contributed by atoms with Gasteiger partial charge in [-0.15, -0.1) is 0 Å². The van der Waals surface area contributed by atoms with Crippen molar-refractivity contribution in [1.82, 2.24) is 5.32 Å². The number of rotatable bonds is 2. The highest BCUT2D eigenvalue weighted by atomic mass is 16.6. The first-order chi connectivity index (χ1) is 7.83. The predicted molar refractivity (Wildman–Crippen MR) is 62.4 cm³/mol. The Labute approximate surface area is 101 Å². The van der Waals surface area contributed by atoms with E-state index in [2.05, 4.69) is 10.1 Å². The van der Waals surface area contributed by atoms with Gasteiger partial charge in [-0.1, -0.05) is 12.2 Å². The summed E-state index contributed by atoms with van der Waals surface area (Å²) in [6, 6.07) is -0.350. The number of methoxy groups -OCH3 is 1. The molecule has 5 nitrogen and oxygen atoms in total. The highest BCUT2D eigenvalue weighted by Crippen LogP contribution is 2.20. The van der Waals surface area contributed by atoms with Gasteiger partial charge in [0.1, 0.15) is 5.60 Å². The number of amides is 1. The topological polar surface area (TPSA) is 64.6 Å². The molecule has 17 heavy (non-hydrogen) atoms. The van der Waals surface area contributed by atoms with Gasteiger partial charge in [0.2, 0.25) is 0 Å². The van der Waals surface area contributed by atoms with Crippen LogP contribution in [0.2, 0.25) is 0 Å². The molecule has 1 aliphatic rings. The average Bonchev–Trinajstić information content (AvgIpc) is 2.61.